The maximum absolute atomic E-state index is 11.2. The van der Waals surface area contributed by atoms with Crippen molar-refractivity contribution >= 4 is 29.0 Å². The van der Waals surface area contributed by atoms with Gasteiger partial charge in [-0.1, -0.05) is 6.42 Å². The van der Waals surface area contributed by atoms with Crippen LogP contribution in [0.3, 0.4) is 0 Å². The van der Waals surface area contributed by atoms with E-state index in [0.29, 0.717) is 16.5 Å². The summed E-state index contributed by atoms with van der Waals surface area (Å²) >= 11 is 2.02. The molecule has 0 spiro atoms. The van der Waals surface area contributed by atoms with Crippen LogP contribution in [-0.2, 0) is 0 Å². The van der Waals surface area contributed by atoms with E-state index in [-0.39, 0.29) is 0 Å². The smallest absolute Gasteiger partial charge is 0.250 e. The Morgan fingerprint density at radius 2 is 2.28 bits per heavy atom. The van der Waals surface area contributed by atoms with Crippen LogP contribution in [0.15, 0.2) is 18.2 Å². The fourth-order valence-corrected chi connectivity index (χ4v) is 3.32. The van der Waals surface area contributed by atoms with Crippen molar-refractivity contribution in [2.75, 3.05) is 23.3 Å². The van der Waals surface area contributed by atoms with E-state index in [4.69, 9.17) is 11.5 Å². The summed E-state index contributed by atoms with van der Waals surface area (Å²) in [5, 5.41) is 4.01. The largest absolute Gasteiger partial charge is 0.398 e. The summed E-state index contributed by atoms with van der Waals surface area (Å²) < 4.78 is 0. The van der Waals surface area contributed by atoms with Crippen LogP contribution in [0, 0.1) is 0 Å². The molecular formula is C13H19N3OS. The van der Waals surface area contributed by atoms with Crippen LogP contribution >= 0.6 is 11.8 Å². The van der Waals surface area contributed by atoms with E-state index in [1.54, 1.807) is 12.1 Å². The number of carbonyl (C=O) groups excluding carboxylic acids is 1. The van der Waals surface area contributed by atoms with Gasteiger partial charge < -0.3 is 16.8 Å². The van der Waals surface area contributed by atoms with Gasteiger partial charge in [0, 0.05) is 23.2 Å². The van der Waals surface area contributed by atoms with Crippen molar-refractivity contribution in [3.05, 3.63) is 23.8 Å². The molecule has 1 amide bonds. The fraction of sp³-hybridized carbons (Fsp3) is 0.462. The van der Waals surface area contributed by atoms with E-state index in [1.807, 2.05) is 17.8 Å². The zero-order valence-corrected chi connectivity index (χ0v) is 11.1. The second-order valence-electron chi connectivity index (χ2n) is 4.54. The molecule has 98 valence electrons. The maximum Gasteiger partial charge on any atom is 0.250 e. The van der Waals surface area contributed by atoms with Crippen LogP contribution in [0.25, 0.3) is 0 Å². The molecule has 5 heteroatoms. The van der Waals surface area contributed by atoms with Crippen molar-refractivity contribution in [3.8, 4) is 0 Å². The fourth-order valence-electron chi connectivity index (χ4n) is 2.08. The lowest BCUT2D eigenvalue weighted by molar-refractivity contribution is 0.100. The summed E-state index contributed by atoms with van der Waals surface area (Å²) in [4.78, 5) is 11.2. The van der Waals surface area contributed by atoms with Gasteiger partial charge in [-0.3, -0.25) is 4.79 Å². The van der Waals surface area contributed by atoms with Crippen molar-refractivity contribution < 1.29 is 4.79 Å². The molecular weight excluding hydrogens is 246 g/mol. The average Bonchev–Trinajstić information content (AvgIpc) is 2.38. The molecule has 18 heavy (non-hydrogen) atoms. The highest BCUT2D eigenvalue weighted by Gasteiger charge is 2.14. The van der Waals surface area contributed by atoms with Crippen molar-refractivity contribution in [2.45, 2.75) is 24.5 Å². The van der Waals surface area contributed by atoms with Gasteiger partial charge in [-0.25, -0.2) is 0 Å². The predicted octanol–water partition coefficient (Wildman–Crippen LogP) is 2.07. The Bertz CT molecular complexity index is 430. The van der Waals surface area contributed by atoms with E-state index < -0.39 is 5.91 Å². The summed E-state index contributed by atoms with van der Waals surface area (Å²) in [5.74, 6) is 0.767. The first-order valence-electron chi connectivity index (χ1n) is 6.21. The lowest BCUT2D eigenvalue weighted by Gasteiger charge is -2.22. The Morgan fingerprint density at radius 1 is 1.44 bits per heavy atom. The third-order valence-corrected chi connectivity index (χ3v) is 4.52. The second-order valence-corrected chi connectivity index (χ2v) is 5.94. The summed E-state index contributed by atoms with van der Waals surface area (Å²) in [6.45, 7) is 0.923. The Labute approximate surface area is 111 Å². The number of nitrogen functional groups attached to an aromatic ring is 1. The van der Waals surface area contributed by atoms with Crippen LogP contribution in [0.2, 0.25) is 0 Å². The minimum absolute atomic E-state index is 0.385. The maximum atomic E-state index is 11.2. The number of amides is 1. The lowest BCUT2D eigenvalue weighted by Crippen LogP contribution is -2.20. The van der Waals surface area contributed by atoms with E-state index in [0.717, 1.165) is 12.2 Å². The molecule has 0 aromatic heterocycles. The van der Waals surface area contributed by atoms with Crippen LogP contribution < -0.4 is 16.8 Å². The first-order valence-corrected chi connectivity index (χ1v) is 7.26. The molecule has 1 aromatic rings. The zero-order chi connectivity index (χ0) is 13.0. The first-order chi connectivity index (χ1) is 8.66. The molecule has 0 aliphatic carbocycles. The minimum atomic E-state index is -0.483. The standard InChI is InChI=1S/C13H19N3OS/c14-12-5-4-9(7-11(12)13(15)17)16-8-10-3-1-2-6-18-10/h4-5,7,10,16H,1-3,6,8,14H2,(H2,15,17). The molecule has 1 fully saturated rings. The number of nitrogens with two attached hydrogens (primary N) is 2. The molecule has 1 saturated heterocycles. The molecule has 5 N–H and O–H groups in total. The number of carbonyl (C=O) groups is 1. The van der Waals surface area contributed by atoms with Crippen LogP contribution in [0.4, 0.5) is 11.4 Å². The van der Waals surface area contributed by atoms with Gasteiger partial charge in [-0.05, 0) is 36.8 Å². The van der Waals surface area contributed by atoms with Gasteiger partial charge in [0.15, 0.2) is 0 Å². The molecule has 2 rings (SSSR count). The van der Waals surface area contributed by atoms with Gasteiger partial charge in [0.1, 0.15) is 0 Å². The predicted molar refractivity (Wildman–Crippen MR) is 78.0 cm³/mol. The second kappa shape index (κ2) is 6.00. The van der Waals surface area contributed by atoms with Crippen molar-refractivity contribution in [1.29, 1.82) is 0 Å². The third-order valence-electron chi connectivity index (χ3n) is 3.13. The molecule has 0 saturated carbocycles. The van der Waals surface area contributed by atoms with E-state index in [1.165, 1.54) is 25.0 Å². The van der Waals surface area contributed by atoms with Crippen LogP contribution in [0.5, 0.6) is 0 Å². The monoisotopic (exact) mass is 265 g/mol. The molecule has 1 unspecified atom stereocenters. The zero-order valence-electron chi connectivity index (χ0n) is 10.3. The molecule has 1 aliphatic heterocycles. The van der Waals surface area contributed by atoms with E-state index >= 15 is 0 Å². The minimum Gasteiger partial charge on any atom is -0.398 e. The average molecular weight is 265 g/mol. The topological polar surface area (TPSA) is 81.1 Å². The Balaban J connectivity index is 1.96. The highest BCUT2D eigenvalue weighted by atomic mass is 32.2. The molecule has 1 heterocycles. The van der Waals surface area contributed by atoms with Crippen molar-refractivity contribution in [3.63, 3.8) is 0 Å². The number of anilines is 2. The summed E-state index contributed by atoms with van der Waals surface area (Å²) in [6, 6.07) is 5.33. The van der Waals surface area contributed by atoms with Gasteiger partial charge in [0.2, 0.25) is 0 Å². The number of hydrogen-bond acceptors (Lipinski definition) is 4. The molecule has 0 bridgehead atoms. The van der Waals surface area contributed by atoms with Gasteiger partial charge in [-0.15, -0.1) is 0 Å². The highest BCUT2D eigenvalue weighted by molar-refractivity contribution is 7.99. The molecule has 4 nitrogen and oxygen atoms in total. The quantitative estimate of drug-likeness (QED) is 0.728. The van der Waals surface area contributed by atoms with Crippen molar-refractivity contribution in [2.24, 2.45) is 5.73 Å². The summed E-state index contributed by atoms with van der Waals surface area (Å²) in [6.07, 6.45) is 3.90. The first kappa shape index (κ1) is 13.1. The van der Waals surface area contributed by atoms with E-state index in [9.17, 15) is 4.79 Å². The van der Waals surface area contributed by atoms with Crippen molar-refractivity contribution in [1.82, 2.24) is 0 Å². The normalized spacial score (nSPS) is 19.4. The Kier molecular flexibility index (Phi) is 4.36. The number of benzene rings is 1. The third kappa shape index (κ3) is 3.32. The Morgan fingerprint density at radius 3 is 2.94 bits per heavy atom. The number of rotatable bonds is 4. The lowest BCUT2D eigenvalue weighted by atomic mass is 10.1. The van der Waals surface area contributed by atoms with Gasteiger partial charge in [0.05, 0.1) is 5.56 Å². The SMILES string of the molecule is NC(=O)c1cc(NCC2CCCCS2)ccc1N. The number of thioether (sulfide) groups is 1. The Hall–Kier alpha value is -1.36. The number of primary amides is 1. The van der Waals surface area contributed by atoms with Gasteiger partial charge in [0.25, 0.3) is 5.91 Å². The molecule has 1 aromatic carbocycles. The summed E-state index contributed by atoms with van der Waals surface area (Å²) in [7, 11) is 0. The number of nitrogens with one attached hydrogen (secondary N) is 1. The van der Waals surface area contributed by atoms with Crippen LogP contribution in [-0.4, -0.2) is 23.5 Å². The molecule has 1 aliphatic rings. The number of hydrogen-bond donors (Lipinski definition) is 3. The molecule has 0 radical (unpaired) electrons. The van der Waals surface area contributed by atoms with Gasteiger partial charge in [-0.2, -0.15) is 11.8 Å². The van der Waals surface area contributed by atoms with Gasteiger partial charge >= 0.3 is 0 Å². The summed E-state index contributed by atoms with van der Waals surface area (Å²) in [5.41, 5.74) is 12.7. The molecule has 1 atom stereocenters. The highest BCUT2D eigenvalue weighted by Crippen LogP contribution is 2.25. The van der Waals surface area contributed by atoms with E-state index in [2.05, 4.69) is 5.32 Å². The van der Waals surface area contributed by atoms with Crippen LogP contribution in [0.1, 0.15) is 29.6 Å².